The highest BCUT2D eigenvalue weighted by molar-refractivity contribution is 7.95. The van der Waals surface area contributed by atoms with Gasteiger partial charge in [-0.05, 0) is 42.5 Å². The molecule has 3 aromatic rings. The van der Waals surface area contributed by atoms with Crippen LogP contribution in [0.25, 0.3) is 0 Å². The minimum Gasteiger partial charge on any atom is -0.438 e. The number of allylic oxidation sites excluding steroid dienone is 1. The topological polar surface area (TPSA) is 92.1 Å². The van der Waals surface area contributed by atoms with Gasteiger partial charge in [-0.2, -0.15) is 18.4 Å². The van der Waals surface area contributed by atoms with Crippen LogP contribution in [0.1, 0.15) is 5.56 Å². The molecule has 0 unspecified atom stereocenters. The first kappa shape index (κ1) is 23.1. The number of anilines is 1. The van der Waals surface area contributed by atoms with E-state index >= 15 is 0 Å². The summed E-state index contributed by atoms with van der Waals surface area (Å²) in [6.07, 6.45) is -2.91. The molecule has 164 valence electrons. The van der Waals surface area contributed by atoms with Crippen LogP contribution < -0.4 is 10.1 Å². The van der Waals surface area contributed by atoms with Gasteiger partial charge < -0.3 is 10.1 Å². The fourth-order valence-electron chi connectivity index (χ4n) is 2.43. The Labute approximate surface area is 186 Å². The van der Waals surface area contributed by atoms with Gasteiger partial charge in [0, 0.05) is 18.1 Å². The van der Waals surface area contributed by atoms with E-state index in [0.717, 1.165) is 6.20 Å². The molecular formula is C21H13ClF3N3O3S. The molecule has 6 nitrogen and oxygen atoms in total. The zero-order valence-electron chi connectivity index (χ0n) is 16.0. The molecule has 0 atom stereocenters. The van der Waals surface area contributed by atoms with Crippen molar-refractivity contribution in [2.75, 3.05) is 5.32 Å². The molecule has 0 aliphatic carbocycles. The SMILES string of the molecule is N#C/C(=C\Nc1ccc(Oc2ncc(C(F)(F)F)cc2Cl)cc1)S(=O)(=O)c1ccccc1. The van der Waals surface area contributed by atoms with Gasteiger partial charge in [0.1, 0.15) is 16.8 Å². The number of aromatic nitrogens is 1. The van der Waals surface area contributed by atoms with E-state index < -0.39 is 26.5 Å². The smallest absolute Gasteiger partial charge is 0.417 e. The number of benzene rings is 2. The van der Waals surface area contributed by atoms with Crippen LogP contribution in [0.2, 0.25) is 5.02 Å². The quantitative estimate of drug-likeness (QED) is 0.449. The molecule has 0 aliphatic heterocycles. The van der Waals surface area contributed by atoms with E-state index in [4.69, 9.17) is 16.3 Å². The molecule has 11 heteroatoms. The van der Waals surface area contributed by atoms with Crippen molar-refractivity contribution in [2.24, 2.45) is 0 Å². The van der Waals surface area contributed by atoms with Crippen molar-refractivity contribution in [3.8, 4) is 17.7 Å². The Hall–Kier alpha value is -3.55. The number of nitriles is 1. The molecule has 32 heavy (non-hydrogen) atoms. The number of alkyl halides is 3. The lowest BCUT2D eigenvalue weighted by molar-refractivity contribution is -0.137. The zero-order chi connectivity index (χ0) is 23.4. The van der Waals surface area contributed by atoms with Crippen molar-refractivity contribution in [2.45, 2.75) is 11.1 Å². The minimum atomic E-state index is -4.58. The average molecular weight is 480 g/mol. The van der Waals surface area contributed by atoms with Gasteiger partial charge in [-0.25, -0.2) is 13.4 Å². The summed E-state index contributed by atoms with van der Waals surface area (Å²) in [6.45, 7) is 0. The Morgan fingerprint density at radius 1 is 1.12 bits per heavy atom. The first-order valence-electron chi connectivity index (χ1n) is 8.79. The summed E-state index contributed by atoms with van der Waals surface area (Å²) in [7, 11) is -3.98. The average Bonchev–Trinajstić information content (AvgIpc) is 2.76. The summed E-state index contributed by atoms with van der Waals surface area (Å²) in [5.41, 5.74) is -0.570. The molecule has 0 bridgehead atoms. The maximum Gasteiger partial charge on any atom is 0.417 e. The summed E-state index contributed by atoms with van der Waals surface area (Å²) in [5, 5.41) is 11.7. The van der Waals surface area contributed by atoms with E-state index in [1.165, 1.54) is 36.4 Å². The molecule has 0 aliphatic rings. The fraction of sp³-hybridized carbons (Fsp3) is 0.0476. The second-order valence-electron chi connectivity index (χ2n) is 6.22. The third-order valence-corrected chi connectivity index (χ3v) is 5.98. The molecule has 0 radical (unpaired) electrons. The molecule has 3 rings (SSSR count). The summed E-state index contributed by atoms with van der Waals surface area (Å²) in [6, 6.07) is 15.8. The molecule has 0 saturated heterocycles. The third-order valence-electron chi connectivity index (χ3n) is 4.03. The lowest BCUT2D eigenvalue weighted by Gasteiger charge is -2.10. The lowest BCUT2D eigenvalue weighted by atomic mass is 10.3. The van der Waals surface area contributed by atoms with E-state index in [-0.39, 0.29) is 21.5 Å². The largest absolute Gasteiger partial charge is 0.438 e. The van der Waals surface area contributed by atoms with Gasteiger partial charge in [0.2, 0.25) is 15.7 Å². The standard InChI is InChI=1S/C21H13ClF3N3O3S/c22-19-10-14(21(23,24)25)12-28-20(19)31-16-8-6-15(7-9-16)27-13-18(11-26)32(29,30)17-4-2-1-3-5-17/h1-10,12-13,27H/b18-13+. The number of hydrogen-bond donors (Lipinski definition) is 1. The van der Waals surface area contributed by atoms with Gasteiger partial charge in [-0.1, -0.05) is 29.8 Å². The second kappa shape index (κ2) is 9.30. The molecule has 1 aromatic heterocycles. The van der Waals surface area contributed by atoms with Crippen LogP contribution in [0, 0.1) is 11.3 Å². The highest BCUT2D eigenvalue weighted by Crippen LogP contribution is 2.34. The van der Waals surface area contributed by atoms with Crippen LogP contribution in [0.15, 0.2) is 82.9 Å². The van der Waals surface area contributed by atoms with Gasteiger partial charge in [-0.3, -0.25) is 0 Å². The maximum absolute atomic E-state index is 12.7. The van der Waals surface area contributed by atoms with Gasteiger partial charge in [-0.15, -0.1) is 0 Å². The summed E-state index contributed by atoms with van der Waals surface area (Å²) >= 11 is 5.82. The number of nitrogens with one attached hydrogen (secondary N) is 1. The van der Waals surface area contributed by atoms with E-state index in [1.54, 1.807) is 24.3 Å². The third kappa shape index (κ3) is 5.38. The Morgan fingerprint density at radius 3 is 2.34 bits per heavy atom. The van der Waals surface area contributed by atoms with Crippen LogP contribution in [0.4, 0.5) is 18.9 Å². The van der Waals surface area contributed by atoms with E-state index in [2.05, 4.69) is 10.3 Å². The van der Waals surface area contributed by atoms with E-state index in [9.17, 15) is 26.9 Å². The lowest BCUT2D eigenvalue weighted by Crippen LogP contribution is -2.06. The van der Waals surface area contributed by atoms with Crippen molar-refractivity contribution in [3.05, 3.63) is 88.6 Å². The van der Waals surface area contributed by atoms with E-state index in [0.29, 0.717) is 18.0 Å². The number of rotatable bonds is 6. The molecule has 1 heterocycles. The Kier molecular flexibility index (Phi) is 6.72. The number of ether oxygens (including phenoxy) is 1. The summed E-state index contributed by atoms with van der Waals surface area (Å²) in [5.74, 6) is 0.0205. The minimum absolute atomic E-state index is 0.0146. The van der Waals surface area contributed by atoms with Crippen molar-refractivity contribution < 1.29 is 26.3 Å². The summed E-state index contributed by atoms with van der Waals surface area (Å²) in [4.78, 5) is 3.09. The first-order chi connectivity index (χ1) is 15.1. The fourth-order valence-corrected chi connectivity index (χ4v) is 3.74. The van der Waals surface area contributed by atoms with Crippen molar-refractivity contribution in [1.29, 1.82) is 5.26 Å². The molecule has 1 N–H and O–H groups in total. The van der Waals surface area contributed by atoms with Gasteiger partial charge in [0.05, 0.1) is 10.5 Å². The maximum atomic E-state index is 12.7. The number of nitrogens with zero attached hydrogens (tertiary/aromatic N) is 2. The number of hydrogen-bond acceptors (Lipinski definition) is 6. The Bertz CT molecular complexity index is 1290. The molecule has 0 saturated carbocycles. The highest BCUT2D eigenvalue weighted by atomic mass is 35.5. The van der Waals surface area contributed by atoms with Crippen molar-refractivity contribution in [3.63, 3.8) is 0 Å². The molecule has 0 spiro atoms. The van der Waals surface area contributed by atoms with E-state index in [1.807, 2.05) is 0 Å². The number of pyridine rings is 1. The molecule has 0 fully saturated rings. The predicted molar refractivity (Wildman–Crippen MR) is 112 cm³/mol. The Balaban J connectivity index is 1.73. The van der Waals surface area contributed by atoms with Crippen molar-refractivity contribution in [1.82, 2.24) is 4.98 Å². The molecule has 2 aromatic carbocycles. The van der Waals surface area contributed by atoms with Crippen LogP contribution >= 0.6 is 11.6 Å². The monoisotopic (exact) mass is 479 g/mol. The molecule has 0 amide bonds. The number of halogens is 4. The van der Waals surface area contributed by atoms with Gasteiger partial charge in [0.25, 0.3) is 0 Å². The van der Waals surface area contributed by atoms with Gasteiger partial charge >= 0.3 is 6.18 Å². The second-order valence-corrected chi connectivity index (χ2v) is 8.54. The first-order valence-corrected chi connectivity index (χ1v) is 10.6. The molecular weight excluding hydrogens is 467 g/mol. The normalized spacial score (nSPS) is 12.2. The predicted octanol–water partition coefficient (Wildman–Crippen LogP) is 5.80. The van der Waals surface area contributed by atoms with Crippen LogP contribution in [-0.2, 0) is 16.0 Å². The van der Waals surface area contributed by atoms with Crippen LogP contribution in [-0.4, -0.2) is 13.4 Å². The Morgan fingerprint density at radius 2 is 1.78 bits per heavy atom. The number of sulfone groups is 1. The summed E-state index contributed by atoms with van der Waals surface area (Å²) < 4.78 is 68.5. The van der Waals surface area contributed by atoms with Crippen LogP contribution in [0.5, 0.6) is 11.6 Å². The van der Waals surface area contributed by atoms with Crippen molar-refractivity contribution >= 4 is 27.1 Å². The van der Waals surface area contributed by atoms with Gasteiger partial charge in [0.15, 0.2) is 4.91 Å². The highest BCUT2D eigenvalue weighted by Gasteiger charge is 2.31. The zero-order valence-corrected chi connectivity index (χ0v) is 17.5. The van der Waals surface area contributed by atoms with Crippen LogP contribution in [0.3, 0.4) is 0 Å².